The number of hydrogen-bond donors (Lipinski definition) is 1. The van der Waals surface area contributed by atoms with Crippen molar-refractivity contribution in [1.29, 1.82) is 0 Å². The van der Waals surface area contributed by atoms with Crippen molar-refractivity contribution in [3.63, 3.8) is 0 Å². The first-order chi connectivity index (χ1) is 18.0. The Balaban J connectivity index is 2.03. The number of nitrogens with two attached hydrogens (primary N) is 1. The molecular weight excluding hydrogens is 490 g/mol. The molecule has 0 aromatic heterocycles. The lowest BCUT2D eigenvalue weighted by molar-refractivity contribution is -0.148. The van der Waals surface area contributed by atoms with E-state index < -0.39 is 36.0 Å². The molecule has 2 aromatic carbocycles. The molecule has 38 heavy (non-hydrogen) atoms. The molecule has 2 aromatic rings. The van der Waals surface area contributed by atoms with Gasteiger partial charge in [0.25, 0.3) is 0 Å². The first kappa shape index (κ1) is 30.5. The molecule has 0 heterocycles. The van der Waals surface area contributed by atoms with Crippen LogP contribution in [-0.2, 0) is 30.3 Å². The normalized spacial score (nSPS) is 13.9. The van der Waals surface area contributed by atoms with Crippen LogP contribution in [0.5, 0.6) is 11.5 Å². The van der Waals surface area contributed by atoms with E-state index in [2.05, 4.69) is 0 Å². The lowest BCUT2D eigenvalue weighted by Gasteiger charge is -2.17. The van der Waals surface area contributed by atoms with E-state index in [1.165, 1.54) is 12.1 Å². The molecule has 2 unspecified atom stereocenters. The van der Waals surface area contributed by atoms with Crippen molar-refractivity contribution in [3.05, 3.63) is 59.7 Å². The van der Waals surface area contributed by atoms with Gasteiger partial charge in [-0.2, -0.15) is 0 Å². The third-order valence-electron chi connectivity index (χ3n) is 6.00. The van der Waals surface area contributed by atoms with Gasteiger partial charge in [0, 0.05) is 0 Å². The quantitative estimate of drug-likeness (QED) is 0.300. The minimum atomic E-state index is -1.03. The zero-order chi connectivity index (χ0) is 28.2. The van der Waals surface area contributed by atoms with Crippen molar-refractivity contribution in [2.75, 3.05) is 6.61 Å². The minimum absolute atomic E-state index is 0.0739. The number of benzene rings is 2. The summed E-state index contributed by atoms with van der Waals surface area (Å²) >= 11 is 0. The highest BCUT2D eigenvalue weighted by Crippen LogP contribution is 2.31. The van der Waals surface area contributed by atoms with Crippen LogP contribution in [0.4, 0.5) is 0 Å². The van der Waals surface area contributed by atoms with E-state index in [4.69, 9.17) is 24.7 Å². The summed E-state index contributed by atoms with van der Waals surface area (Å²) < 4.78 is 21.5. The van der Waals surface area contributed by atoms with Gasteiger partial charge in [-0.1, -0.05) is 52.0 Å². The smallest absolute Gasteiger partial charge is 0.338 e. The Kier molecular flexibility index (Phi) is 11.9. The Morgan fingerprint density at radius 3 is 1.95 bits per heavy atom. The largest absolute Gasteiger partial charge is 0.461 e. The van der Waals surface area contributed by atoms with E-state index in [1.807, 2.05) is 13.8 Å². The molecule has 2 rings (SSSR count). The molecule has 0 spiro atoms. The zero-order valence-corrected chi connectivity index (χ0v) is 22.6. The van der Waals surface area contributed by atoms with E-state index in [0.717, 1.165) is 0 Å². The average Bonchev–Trinajstić information content (AvgIpc) is 2.92. The third kappa shape index (κ3) is 9.30. The van der Waals surface area contributed by atoms with Gasteiger partial charge < -0.3 is 24.7 Å². The molecular formula is C29H37NO8. The number of carbonyl (C=O) groups is 4. The highest BCUT2D eigenvalue weighted by atomic mass is 16.6. The van der Waals surface area contributed by atoms with Crippen LogP contribution in [-0.4, -0.2) is 42.6 Å². The predicted octanol–water partition coefficient (Wildman–Crippen LogP) is 4.25. The molecule has 0 amide bonds. The highest BCUT2D eigenvalue weighted by Gasteiger charge is 2.23. The molecule has 206 valence electrons. The van der Waals surface area contributed by atoms with Crippen LogP contribution in [0.2, 0.25) is 0 Å². The average molecular weight is 528 g/mol. The van der Waals surface area contributed by atoms with E-state index in [1.54, 1.807) is 57.2 Å². The van der Waals surface area contributed by atoms with Gasteiger partial charge in [0.1, 0.15) is 18.8 Å². The number of esters is 4. The SMILES string of the molecule is CCC(C)C(=O)Oc1ccc(C[C@H](N)C(=O)OC[C@H](C)OC(=O)c2ccccc2)cc1OC(=O)C(C)CC. The van der Waals surface area contributed by atoms with Crippen molar-refractivity contribution in [2.24, 2.45) is 17.6 Å². The molecule has 2 N–H and O–H groups in total. The van der Waals surface area contributed by atoms with Gasteiger partial charge in [0.05, 0.1) is 17.4 Å². The summed E-state index contributed by atoms with van der Waals surface area (Å²) in [4.78, 5) is 49.4. The molecule has 0 saturated carbocycles. The van der Waals surface area contributed by atoms with Crippen LogP contribution in [0.15, 0.2) is 48.5 Å². The van der Waals surface area contributed by atoms with Crippen LogP contribution in [0.1, 0.15) is 63.4 Å². The minimum Gasteiger partial charge on any atom is -0.461 e. The molecule has 0 aliphatic carbocycles. The predicted molar refractivity (Wildman–Crippen MR) is 141 cm³/mol. The fourth-order valence-electron chi connectivity index (χ4n) is 3.10. The summed E-state index contributed by atoms with van der Waals surface area (Å²) in [6.07, 6.45) is 0.575. The number of carbonyl (C=O) groups excluding carboxylic acids is 4. The monoisotopic (exact) mass is 527 g/mol. The van der Waals surface area contributed by atoms with E-state index in [0.29, 0.717) is 24.0 Å². The molecule has 9 nitrogen and oxygen atoms in total. The number of ether oxygens (including phenoxy) is 4. The Bertz CT molecular complexity index is 1100. The second-order valence-electron chi connectivity index (χ2n) is 9.26. The Morgan fingerprint density at radius 1 is 0.789 bits per heavy atom. The molecule has 0 radical (unpaired) electrons. The van der Waals surface area contributed by atoms with Gasteiger partial charge in [0.2, 0.25) is 0 Å². The van der Waals surface area contributed by atoms with E-state index in [-0.39, 0.29) is 36.4 Å². The van der Waals surface area contributed by atoms with Crippen molar-refractivity contribution in [3.8, 4) is 11.5 Å². The Morgan fingerprint density at radius 2 is 1.37 bits per heavy atom. The standard InChI is InChI=1S/C29H37NO8/c1-6-18(3)26(31)37-24-14-13-21(16-25(24)38-27(32)19(4)7-2)15-23(30)29(34)35-17-20(5)36-28(33)22-11-9-8-10-12-22/h8-14,16,18-20,23H,6-7,15,17,30H2,1-5H3/t18?,19?,20-,23-/m0/s1. The van der Waals surface area contributed by atoms with Crippen molar-refractivity contribution in [1.82, 2.24) is 0 Å². The summed E-state index contributed by atoms with van der Waals surface area (Å²) in [7, 11) is 0. The van der Waals surface area contributed by atoms with Gasteiger partial charge in [-0.3, -0.25) is 14.4 Å². The first-order valence-electron chi connectivity index (χ1n) is 12.8. The third-order valence-corrected chi connectivity index (χ3v) is 6.00. The number of rotatable bonds is 13. The second kappa shape index (κ2) is 14.9. The van der Waals surface area contributed by atoms with Gasteiger partial charge in [-0.05, 0) is 56.0 Å². The molecule has 4 atom stereocenters. The molecule has 0 saturated heterocycles. The maximum atomic E-state index is 12.5. The molecule has 0 bridgehead atoms. The van der Waals surface area contributed by atoms with E-state index in [9.17, 15) is 19.2 Å². The lowest BCUT2D eigenvalue weighted by Crippen LogP contribution is -2.36. The Hall–Kier alpha value is -3.72. The zero-order valence-electron chi connectivity index (χ0n) is 22.6. The maximum Gasteiger partial charge on any atom is 0.338 e. The van der Waals surface area contributed by atoms with Gasteiger partial charge in [0.15, 0.2) is 11.5 Å². The topological polar surface area (TPSA) is 131 Å². The summed E-state index contributed by atoms with van der Waals surface area (Å²) in [6.45, 7) is 8.66. The van der Waals surface area contributed by atoms with Crippen LogP contribution in [0.25, 0.3) is 0 Å². The van der Waals surface area contributed by atoms with Crippen molar-refractivity contribution < 1.29 is 38.1 Å². The van der Waals surface area contributed by atoms with Crippen molar-refractivity contribution in [2.45, 2.75) is 66.0 Å². The summed E-state index contributed by atoms with van der Waals surface area (Å²) in [6, 6.07) is 12.1. The van der Waals surface area contributed by atoms with Crippen LogP contribution in [0.3, 0.4) is 0 Å². The highest BCUT2D eigenvalue weighted by molar-refractivity contribution is 5.89. The second-order valence-corrected chi connectivity index (χ2v) is 9.26. The van der Waals surface area contributed by atoms with Crippen molar-refractivity contribution >= 4 is 23.9 Å². The van der Waals surface area contributed by atoms with Gasteiger partial charge >= 0.3 is 23.9 Å². The van der Waals surface area contributed by atoms with Gasteiger partial charge in [-0.25, -0.2) is 4.79 Å². The Labute approximate surface area is 223 Å². The van der Waals surface area contributed by atoms with Gasteiger partial charge in [-0.15, -0.1) is 0 Å². The molecule has 0 aliphatic heterocycles. The number of hydrogen-bond acceptors (Lipinski definition) is 9. The first-order valence-corrected chi connectivity index (χ1v) is 12.8. The lowest BCUT2D eigenvalue weighted by atomic mass is 10.1. The fraction of sp³-hybridized carbons (Fsp3) is 0.448. The molecule has 0 aliphatic rings. The molecule has 0 fully saturated rings. The maximum absolute atomic E-state index is 12.5. The summed E-state index contributed by atoms with van der Waals surface area (Å²) in [5.74, 6) is -2.61. The van der Waals surface area contributed by atoms with E-state index >= 15 is 0 Å². The summed E-state index contributed by atoms with van der Waals surface area (Å²) in [5.41, 5.74) is 7.02. The van der Waals surface area contributed by atoms with Crippen LogP contribution < -0.4 is 15.2 Å². The van der Waals surface area contributed by atoms with Crippen LogP contribution >= 0.6 is 0 Å². The molecule has 9 heteroatoms. The summed E-state index contributed by atoms with van der Waals surface area (Å²) in [5, 5.41) is 0. The fourth-order valence-corrected chi connectivity index (χ4v) is 3.10. The van der Waals surface area contributed by atoms with Crippen LogP contribution in [0, 0.1) is 11.8 Å².